The average Bonchev–Trinajstić information content (AvgIpc) is 2.84. The number of nitrogens with one attached hydrogen (secondary N) is 1. The fourth-order valence-electron chi connectivity index (χ4n) is 2.07. The maximum atomic E-state index is 14.1. The van der Waals surface area contributed by atoms with Gasteiger partial charge in [0.05, 0.1) is 5.69 Å². The Morgan fingerprint density at radius 1 is 1.37 bits per heavy atom. The van der Waals surface area contributed by atoms with E-state index in [0.717, 1.165) is 17.9 Å². The summed E-state index contributed by atoms with van der Waals surface area (Å²) < 4.78 is 16.0. The second-order valence-corrected chi connectivity index (χ2v) is 4.84. The first-order chi connectivity index (χ1) is 9.13. The Kier molecular flexibility index (Phi) is 4.32. The van der Waals surface area contributed by atoms with E-state index in [4.69, 9.17) is 0 Å². The molecule has 2 aromatic rings. The number of imidazole rings is 1. The predicted octanol–water partition coefficient (Wildman–Crippen LogP) is 3.07. The van der Waals surface area contributed by atoms with Crippen molar-refractivity contribution in [1.29, 1.82) is 0 Å². The van der Waals surface area contributed by atoms with Gasteiger partial charge in [0.25, 0.3) is 0 Å². The first-order valence-electron chi connectivity index (χ1n) is 6.66. The van der Waals surface area contributed by atoms with Crippen molar-refractivity contribution in [3.05, 3.63) is 47.8 Å². The standard InChI is InChI=1S/C15H20FN3/c1-4-15-17-8-9-19(15)14-7-5-6-13(16)12(14)10-18-11(2)3/h5-9,11,18H,4,10H2,1-3H3. The van der Waals surface area contributed by atoms with Crippen molar-refractivity contribution >= 4 is 0 Å². The van der Waals surface area contributed by atoms with Crippen LogP contribution in [0.4, 0.5) is 4.39 Å². The smallest absolute Gasteiger partial charge is 0.129 e. The van der Waals surface area contributed by atoms with Gasteiger partial charge in [-0.05, 0) is 12.1 Å². The number of benzene rings is 1. The van der Waals surface area contributed by atoms with E-state index in [2.05, 4.69) is 24.1 Å². The van der Waals surface area contributed by atoms with Crippen molar-refractivity contribution in [3.63, 3.8) is 0 Å². The van der Waals surface area contributed by atoms with Gasteiger partial charge in [0, 0.05) is 37.0 Å². The molecule has 1 aromatic heterocycles. The molecule has 2 rings (SSSR count). The molecule has 0 aliphatic heterocycles. The van der Waals surface area contributed by atoms with Crippen molar-refractivity contribution in [2.24, 2.45) is 0 Å². The summed E-state index contributed by atoms with van der Waals surface area (Å²) in [6.45, 7) is 6.66. The number of hydrogen-bond donors (Lipinski definition) is 1. The van der Waals surface area contributed by atoms with Crippen LogP contribution >= 0.6 is 0 Å². The molecule has 0 atom stereocenters. The maximum absolute atomic E-state index is 14.1. The van der Waals surface area contributed by atoms with Crippen LogP contribution in [0.3, 0.4) is 0 Å². The van der Waals surface area contributed by atoms with Gasteiger partial charge in [-0.1, -0.05) is 26.8 Å². The zero-order chi connectivity index (χ0) is 13.8. The summed E-state index contributed by atoms with van der Waals surface area (Å²) in [5, 5.41) is 3.27. The van der Waals surface area contributed by atoms with Crippen LogP contribution in [0, 0.1) is 5.82 Å². The van der Waals surface area contributed by atoms with Gasteiger partial charge in [0.1, 0.15) is 11.6 Å². The monoisotopic (exact) mass is 261 g/mol. The highest BCUT2D eigenvalue weighted by atomic mass is 19.1. The molecule has 0 bridgehead atoms. The molecular formula is C15H20FN3. The molecule has 0 unspecified atom stereocenters. The van der Waals surface area contributed by atoms with Crippen LogP contribution in [0.25, 0.3) is 5.69 Å². The van der Waals surface area contributed by atoms with E-state index >= 15 is 0 Å². The lowest BCUT2D eigenvalue weighted by Gasteiger charge is -2.15. The van der Waals surface area contributed by atoms with Gasteiger partial charge in [0.2, 0.25) is 0 Å². The summed E-state index contributed by atoms with van der Waals surface area (Å²) in [6, 6.07) is 5.49. The Bertz CT molecular complexity index is 546. The Labute approximate surface area is 113 Å². The lowest BCUT2D eigenvalue weighted by molar-refractivity contribution is 0.551. The molecule has 19 heavy (non-hydrogen) atoms. The molecule has 4 heteroatoms. The van der Waals surface area contributed by atoms with E-state index < -0.39 is 0 Å². The topological polar surface area (TPSA) is 29.9 Å². The quantitative estimate of drug-likeness (QED) is 0.896. The molecule has 1 aromatic carbocycles. The third-order valence-corrected chi connectivity index (χ3v) is 3.07. The lowest BCUT2D eigenvalue weighted by Crippen LogP contribution is -2.23. The summed E-state index contributed by atoms with van der Waals surface area (Å²) in [5.74, 6) is 0.762. The molecule has 0 aliphatic carbocycles. The number of aryl methyl sites for hydroxylation is 1. The van der Waals surface area contributed by atoms with Crippen molar-refractivity contribution in [2.75, 3.05) is 0 Å². The summed E-state index contributed by atoms with van der Waals surface area (Å²) in [5.41, 5.74) is 1.55. The Morgan fingerprint density at radius 3 is 2.84 bits per heavy atom. The summed E-state index contributed by atoms with van der Waals surface area (Å²) in [4.78, 5) is 4.30. The highest BCUT2D eigenvalue weighted by Crippen LogP contribution is 2.20. The summed E-state index contributed by atoms with van der Waals surface area (Å²) in [6.07, 6.45) is 4.45. The van der Waals surface area contributed by atoms with E-state index in [9.17, 15) is 4.39 Å². The van der Waals surface area contributed by atoms with E-state index in [1.165, 1.54) is 6.07 Å². The molecular weight excluding hydrogens is 241 g/mol. The first kappa shape index (κ1) is 13.7. The molecule has 3 nitrogen and oxygen atoms in total. The second-order valence-electron chi connectivity index (χ2n) is 4.84. The predicted molar refractivity (Wildman–Crippen MR) is 74.9 cm³/mol. The fraction of sp³-hybridized carbons (Fsp3) is 0.400. The van der Waals surface area contributed by atoms with Gasteiger partial charge >= 0.3 is 0 Å². The lowest BCUT2D eigenvalue weighted by atomic mass is 10.1. The largest absolute Gasteiger partial charge is 0.310 e. The van der Waals surface area contributed by atoms with Gasteiger partial charge in [-0.15, -0.1) is 0 Å². The van der Waals surface area contributed by atoms with Gasteiger partial charge in [-0.2, -0.15) is 0 Å². The molecule has 0 radical (unpaired) electrons. The Hall–Kier alpha value is -1.68. The molecule has 1 heterocycles. The zero-order valence-electron chi connectivity index (χ0n) is 11.7. The Balaban J connectivity index is 2.42. The zero-order valence-corrected chi connectivity index (χ0v) is 11.7. The van der Waals surface area contributed by atoms with E-state index in [0.29, 0.717) is 18.2 Å². The van der Waals surface area contributed by atoms with Crippen LogP contribution in [0.1, 0.15) is 32.2 Å². The third-order valence-electron chi connectivity index (χ3n) is 3.07. The van der Waals surface area contributed by atoms with Crippen molar-refractivity contribution in [1.82, 2.24) is 14.9 Å². The molecule has 0 saturated carbocycles. The number of nitrogens with zero attached hydrogens (tertiary/aromatic N) is 2. The van der Waals surface area contributed by atoms with Crippen molar-refractivity contribution < 1.29 is 4.39 Å². The highest BCUT2D eigenvalue weighted by Gasteiger charge is 2.12. The molecule has 0 saturated heterocycles. The van der Waals surface area contributed by atoms with Crippen molar-refractivity contribution in [2.45, 2.75) is 39.8 Å². The van der Waals surface area contributed by atoms with E-state index in [1.54, 1.807) is 12.3 Å². The van der Waals surface area contributed by atoms with E-state index in [-0.39, 0.29) is 5.82 Å². The molecule has 102 valence electrons. The minimum absolute atomic E-state index is 0.179. The van der Waals surface area contributed by atoms with Crippen LogP contribution in [-0.2, 0) is 13.0 Å². The van der Waals surface area contributed by atoms with E-state index in [1.807, 2.05) is 23.8 Å². The second kappa shape index (κ2) is 5.97. The summed E-state index contributed by atoms with van der Waals surface area (Å²) >= 11 is 0. The van der Waals surface area contributed by atoms with Crippen molar-refractivity contribution in [3.8, 4) is 5.69 Å². The van der Waals surface area contributed by atoms with Crippen LogP contribution in [-0.4, -0.2) is 15.6 Å². The SMILES string of the molecule is CCc1nccn1-c1cccc(F)c1CNC(C)C. The van der Waals surface area contributed by atoms with Crippen LogP contribution in [0.15, 0.2) is 30.6 Å². The highest BCUT2D eigenvalue weighted by molar-refractivity contribution is 5.43. The minimum Gasteiger partial charge on any atom is -0.310 e. The molecule has 0 aliphatic rings. The van der Waals surface area contributed by atoms with Gasteiger partial charge in [-0.3, -0.25) is 0 Å². The minimum atomic E-state index is -0.179. The number of rotatable bonds is 5. The molecule has 0 spiro atoms. The van der Waals surface area contributed by atoms with Crippen LogP contribution < -0.4 is 5.32 Å². The summed E-state index contributed by atoms with van der Waals surface area (Å²) in [7, 11) is 0. The first-order valence-corrected chi connectivity index (χ1v) is 6.66. The van der Waals surface area contributed by atoms with Crippen LogP contribution in [0.5, 0.6) is 0 Å². The molecule has 1 N–H and O–H groups in total. The van der Waals surface area contributed by atoms with Gasteiger partial charge in [-0.25, -0.2) is 9.37 Å². The van der Waals surface area contributed by atoms with Gasteiger partial charge in [0.15, 0.2) is 0 Å². The third kappa shape index (κ3) is 3.01. The maximum Gasteiger partial charge on any atom is 0.129 e. The number of aromatic nitrogens is 2. The van der Waals surface area contributed by atoms with Crippen LogP contribution in [0.2, 0.25) is 0 Å². The van der Waals surface area contributed by atoms with Gasteiger partial charge < -0.3 is 9.88 Å². The normalized spacial score (nSPS) is 11.2. The number of hydrogen-bond acceptors (Lipinski definition) is 2. The molecule has 0 fully saturated rings. The Morgan fingerprint density at radius 2 is 2.16 bits per heavy atom. The number of halogens is 1. The fourth-order valence-corrected chi connectivity index (χ4v) is 2.07. The average molecular weight is 261 g/mol. The molecule has 0 amide bonds.